The number of anilines is 2. The first-order valence-electron chi connectivity index (χ1n) is 7.02. The Bertz CT molecular complexity index is 782. The lowest BCUT2D eigenvalue weighted by Crippen LogP contribution is -2.63. The van der Waals surface area contributed by atoms with Crippen molar-refractivity contribution in [1.29, 1.82) is 0 Å². The summed E-state index contributed by atoms with van der Waals surface area (Å²) in [5, 5.41) is 8.78. The van der Waals surface area contributed by atoms with Crippen molar-refractivity contribution in [2.45, 2.75) is 6.18 Å². The second-order valence-electron chi connectivity index (χ2n) is 4.97. The number of aliphatic carboxylic acids is 1. The first kappa shape index (κ1) is 18.2. The molecule has 0 fully saturated rings. The van der Waals surface area contributed by atoms with Gasteiger partial charge in [0.2, 0.25) is 0 Å². The number of rotatable bonds is 0. The number of carboxylic acid groups (broad SMARTS) is 1. The molecule has 0 unspecified atom stereocenters. The third-order valence-electron chi connectivity index (χ3n) is 3.28. The van der Waals surface area contributed by atoms with Crippen molar-refractivity contribution in [2.75, 3.05) is 4.90 Å². The molecule has 0 saturated heterocycles. The first-order chi connectivity index (χ1) is 11.7. The fourth-order valence-corrected chi connectivity index (χ4v) is 2.24. The summed E-state index contributed by atoms with van der Waals surface area (Å²) in [7, 11) is 0. The van der Waals surface area contributed by atoms with Crippen molar-refractivity contribution in [1.82, 2.24) is 0 Å². The highest BCUT2D eigenvalue weighted by Gasteiger charge is 2.28. The largest absolute Gasteiger partial charge is 0.542 e. The monoisotopic (exact) mass is 350 g/mol. The van der Waals surface area contributed by atoms with Gasteiger partial charge in [0.25, 0.3) is 0 Å². The van der Waals surface area contributed by atoms with Gasteiger partial charge in [-0.05, 0) is 23.3 Å². The van der Waals surface area contributed by atoms with Crippen molar-refractivity contribution >= 4 is 35.5 Å². The molecule has 0 atom stereocenters. The molecule has 8 heteroatoms. The minimum Gasteiger partial charge on any atom is -0.542 e. The van der Waals surface area contributed by atoms with Crippen LogP contribution in [0, 0.1) is 0 Å². The molecule has 0 aromatic heterocycles. The number of hydrogen-bond acceptors (Lipinski definition) is 3. The lowest BCUT2D eigenvalue weighted by atomic mass is 10.1. The third kappa shape index (κ3) is 4.24. The van der Waals surface area contributed by atoms with Crippen molar-refractivity contribution in [3.05, 3.63) is 59.7 Å². The number of urea groups is 1. The second-order valence-corrected chi connectivity index (χ2v) is 4.97. The molecule has 0 saturated carbocycles. The summed E-state index contributed by atoms with van der Waals surface area (Å²) in [4.78, 5) is 22.3. The topological polar surface area (TPSA) is 88.1 Å². The SMILES string of the molecule is O=C([O-])C(F)(F)F.[NH3+]C(=O)N1c2ccccc2C=Cc2ccccc21. The van der Waals surface area contributed by atoms with E-state index in [1.165, 1.54) is 0 Å². The van der Waals surface area contributed by atoms with E-state index in [4.69, 9.17) is 9.90 Å². The zero-order valence-corrected chi connectivity index (χ0v) is 12.8. The molecule has 0 radical (unpaired) electrons. The summed E-state index contributed by atoms with van der Waals surface area (Å²) in [6.45, 7) is 0. The molecule has 5 nitrogen and oxygen atoms in total. The Labute approximate surface area is 140 Å². The molecular weight excluding hydrogens is 337 g/mol. The molecule has 2 aromatic carbocycles. The lowest BCUT2D eigenvalue weighted by molar-refractivity contribution is -0.344. The predicted octanol–water partition coefficient (Wildman–Crippen LogP) is 1.97. The first-order valence-corrected chi connectivity index (χ1v) is 7.02. The minimum absolute atomic E-state index is 0.224. The maximum Gasteiger partial charge on any atom is 0.430 e. The number of benzene rings is 2. The van der Waals surface area contributed by atoms with E-state index in [1.807, 2.05) is 60.7 Å². The highest BCUT2D eigenvalue weighted by atomic mass is 19.4. The molecule has 130 valence electrons. The summed E-state index contributed by atoms with van der Waals surface area (Å²) in [6.07, 6.45) is -1.14. The number of carbonyl (C=O) groups excluding carboxylic acids is 2. The molecule has 0 aliphatic carbocycles. The van der Waals surface area contributed by atoms with Gasteiger partial charge in [-0.3, -0.25) is 5.73 Å². The summed E-state index contributed by atoms with van der Waals surface area (Å²) in [5.74, 6) is -3.01. The molecule has 0 bridgehead atoms. The summed E-state index contributed by atoms with van der Waals surface area (Å²) < 4.78 is 31.5. The second kappa shape index (κ2) is 7.18. The summed E-state index contributed by atoms with van der Waals surface area (Å²) in [5.41, 5.74) is 7.35. The number of carbonyl (C=O) groups is 2. The molecule has 1 heterocycles. The van der Waals surface area contributed by atoms with Gasteiger partial charge < -0.3 is 9.90 Å². The van der Waals surface area contributed by atoms with Gasteiger partial charge in [0.05, 0.1) is 11.4 Å². The molecule has 2 aromatic rings. The number of hydrogen-bond donors (Lipinski definition) is 1. The van der Waals surface area contributed by atoms with Gasteiger partial charge in [0.1, 0.15) is 5.97 Å². The van der Waals surface area contributed by atoms with Crippen LogP contribution in [-0.2, 0) is 4.79 Å². The molecule has 25 heavy (non-hydrogen) atoms. The van der Waals surface area contributed by atoms with Crippen molar-refractivity contribution in [2.24, 2.45) is 0 Å². The molecule has 0 spiro atoms. The van der Waals surface area contributed by atoms with Gasteiger partial charge >= 0.3 is 12.2 Å². The van der Waals surface area contributed by atoms with E-state index in [0.717, 1.165) is 22.5 Å². The fourth-order valence-electron chi connectivity index (χ4n) is 2.24. The van der Waals surface area contributed by atoms with Crippen LogP contribution in [0.2, 0.25) is 0 Å². The number of halogens is 3. The van der Waals surface area contributed by atoms with Gasteiger partial charge in [-0.15, -0.1) is 0 Å². The fraction of sp³-hybridized carbons (Fsp3) is 0.0588. The maximum absolute atomic E-state index is 11.9. The minimum atomic E-state index is -5.19. The maximum atomic E-state index is 11.9. The molecule has 2 amide bonds. The predicted molar refractivity (Wildman–Crippen MR) is 83.3 cm³/mol. The Hall–Kier alpha value is -3.13. The van der Waals surface area contributed by atoms with E-state index in [0.29, 0.717) is 0 Å². The Balaban J connectivity index is 0.000000277. The number of quaternary nitrogens is 1. The van der Waals surface area contributed by atoms with Crippen LogP contribution in [0.15, 0.2) is 48.5 Å². The Morgan fingerprint density at radius 3 is 1.56 bits per heavy atom. The standard InChI is InChI=1S/C15H12N2O.C2HF3O2/c16-15(18)17-13-7-3-1-5-11(13)9-10-12-6-2-4-8-14(12)17;3-2(4,5)1(6)7/h1-10H,(H2,16,18);(H,6,7). The summed E-state index contributed by atoms with van der Waals surface area (Å²) >= 11 is 0. The zero-order chi connectivity index (χ0) is 18.6. The van der Waals surface area contributed by atoms with E-state index in [1.54, 1.807) is 4.90 Å². The molecule has 3 N–H and O–H groups in total. The van der Waals surface area contributed by atoms with Gasteiger partial charge in [-0.2, -0.15) is 13.2 Å². The number of amides is 2. The lowest BCUT2D eigenvalue weighted by Gasteiger charge is -2.20. The number of nitrogens with zero attached hydrogens (tertiary/aromatic N) is 1. The van der Waals surface area contributed by atoms with E-state index in [-0.39, 0.29) is 6.03 Å². The van der Waals surface area contributed by atoms with Crippen molar-refractivity contribution in [3.8, 4) is 0 Å². The Morgan fingerprint density at radius 1 is 0.880 bits per heavy atom. The number of carboxylic acids is 1. The van der Waals surface area contributed by atoms with Crippen LogP contribution in [0.5, 0.6) is 0 Å². The van der Waals surface area contributed by atoms with E-state index >= 15 is 0 Å². The normalized spacial score (nSPS) is 12.2. The molecular formula is C17H13F3N2O3. The van der Waals surface area contributed by atoms with Crippen LogP contribution < -0.4 is 15.7 Å². The van der Waals surface area contributed by atoms with Crippen molar-refractivity contribution < 1.29 is 33.6 Å². The average Bonchev–Trinajstić information content (AvgIpc) is 2.71. The Kier molecular flexibility index (Phi) is 5.23. The molecule has 1 aliphatic rings. The number of alkyl halides is 3. The van der Waals surface area contributed by atoms with Gasteiger partial charge in [-0.1, -0.05) is 48.6 Å². The third-order valence-corrected chi connectivity index (χ3v) is 3.28. The highest BCUT2D eigenvalue weighted by Crippen LogP contribution is 2.35. The number of fused-ring (bicyclic) bond motifs is 2. The smallest absolute Gasteiger partial charge is 0.430 e. The van der Waals surface area contributed by atoms with Gasteiger partial charge in [0.15, 0.2) is 0 Å². The quantitative estimate of drug-likeness (QED) is 0.788. The summed E-state index contributed by atoms with van der Waals surface area (Å²) in [6, 6.07) is 15.4. The number of para-hydroxylation sites is 2. The van der Waals surface area contributed by atoms with E-state index < -0.39 is 12.1 Å². The van der Waals surface area contributed by atoms with E-state index in [2.05, 4.69) is 5.73 Å². The average molecular weight is 350 g/mol. The van der Waals surface area contributed by atoms with Crippen molar-refractivity contribution in [3.63, 3.8) is 0 Å². The van der Waals surface area contributed by atoms with Gasteiger partial charge in [-0.25, -0.2) is 9.69 Å². The molecule has 3 rings (SSSR count). The highest BCUT2D eigenvalue weighted by molar-refractivity contribution is 6.01. The van der Waals surface area contributed by atoms with Gasteiger partial charge in [0, 0.05) is 0 Å². The van der Waals surface area contributed by atoms with Crippen LogP contribution in [0.25, 0.3) is 12.2 Å². The van der Waals surface area contributed by atoms with Crippen LogP contribution >= 0.6 is 0 Å². The van der Waals surface area contributed by atoms with Crippen LogP contribution in [0.3, 0.4) is 0 Å². The molecule has 1 aliphatic heterocycles. The van der Waals surface area contributed by atoms with E-state index in [9.17, 15) is 18.0 Å². The van der Waals surface area contributed by atoms with Crippen LogP contribution in [0.4, 0.5) is 29.3 Å². The zero-order valence-electron chi connectivity index (χ0n) is 12.8. The van der Waals surface area contributed by atoms with Crippen LogP contribution in [0.1, 0.15) is 11.1 Å². The Morgan fingerprint density at radius 2 is 1.24 bits per heavy atom. The van der Waals surface area contributed by atoms with Crippen LogP contribution in [-0.4, -0.2) is 18.2 Å².